The van der Waals surface area contributed by atoms with Crippen molar-refractivity contribution in [1.29, 1.82) is 0 Å². The van der Waals surface area contributed by atoms with Crippen molar-refractivity contribution in [3.05, 3.63) is 58.3 Å². The number of benzene rings is 1. The van der Waals surface area contributed by atoms with Gasteiger partial charge in [-0.3, -0.25) is 0 Å². The lowest BCUT2D eigenvalue weighted by atomic mass is 9.71. The molecule has 1 heteroatoms. The largest absolute Gasteiger partial charge is 0.0775 e. The van der Waals surface area contributed by atoms with E-state index in [2.05, 4.69) is 83.8 Å². The summed E-state index contributed by atoms with van der Waals surface area (Å²) in [6.07, 6.45) is 7.32. The van der Waals surface area contributed by atoms with Gasteiger partial charge in [-0.1, -0.05) is 75.1 Å². The molecule has 1 aromatic rings. The topological polar surface area (TPSA) is 0 Å². The first-order valence-corrected chi connectivity index (χ1v) is 11.1. The molecule has 0 nitrogen and oxygen atoms in total. The summed E-state index contributed by atoms with van der Waals surface area (Å²) in [4.78, 5) is 0. The Labute approximate surface area is 125 Å². The predicted molar refractivity (Wildman–Crippen MR) is 93.0 cm³/mol. The monoisotopic (exact) mass is 284 g/mol. The predicted octanol–water partition coefficient (Wildman–Crippen LogP) is 5.57. The second-order valence-corrected chi connectivity index (χ2v) is 12.8. The molecule has 1 atom stereocenters. The van der Waals surface area contributed by atoms with Crippen LogP contribution in [0.2, 0.25) is 19.6 Å². The first-order chi connectivity index (χ1) is 9.14. The van der Waals surface area contributed by atoms with Gasteiger partial charge in [0, 0.05) is 5.92 Å². The van der Waals surface area contributed by atoms with E-state index in [4.69, 9.17) is 0 Å². The van der Waals surface area contributed by atoms with Crippen LogP contribution in [0.4, 0.5) is 0 Å². The SMILES string of the molecule is Cc1cccc(C)c1C(C)(C)C1C=CC([Si](C)(C)C)=C1. The second-order valence-electron chi connectivity index (χ2n) is 7.75. The van der Waals surface area contributed by atoms with E-state index in [0.29, 0.717) is 5.92 Å². The van der Waals surface area contributed by atoms with Crippen LogP contribution in [0.15, 0.2) is 41.6 Å². The molecule has 0 saturated carbocycles. The molecule has 1 unspecified atom stereocenters. The number of hydrogen-bond donors (Lipinski definition) is 0. The van der Waals surface area contributed by atoms with Crippen molar-refractivity contribution in [3.8, 4) is 0 Å². The van der Waals surface area contributed by atoms with Gasteiger partial charge in [-0.15, -0.1) is 0 Å². The Hall–Kier alpha value is -1.08. The minimum Gasteiger partial charge on any atom is -0.0775 e. The molecule has 2 rings (SSSR count). The molecule has 0 aliphatic heterocycles. The lowest BCUT2D eigenvalue weighted by molar-refractivity contribution is 0.443. The lowest BCUT2D eigenvalue weighted by Crippen LogP contribution is -2.28. The van der Waals surface area contributed by atoms with Crippen molar-refractivity contribution in [2.45, 2.75) is 52.8 Å². The van der Waals surface area contributed by atoms with Gasteiger partial charge in [-0.25, -0.2) is 0 Å². The number of rotatable bonds is 3. The maximum absolute atomic E-state index is 2.53. The minimum atomic E-state index is -1.20. The molecule has 0 spiro atoms. The van der Waals surface area contributed by atoms with Crippen LogP contribution in [-0.2, 0) is 5.41 Å². The highest BCUT2D eigenvalue weighted by molar-refractivity contribution is 6.83. The zero-order valence-corrected chi connectivity index (χ0v) is 15.0. The Morgan fingerprint density at radius 3 is 2.00 bits per heavy atom. The first kappa shape index (κ1) is 15.3. The van der Waals surface area contributed by atoms with Gasteiger partial charge in [-0.2, -0.15) is 0 Å². The van der Waals surface area contributed by atoms with E-state index >= 15 is 0 Å². The van der Waals surface area contributed by atoms with Gasteiger partial charge in [0.15, 0.2) is 0 Å². The van der Waals surface area contributed by atoms with Gasteiger partial charge in [0.05, 0.1) is 8.07 Å². The average Bonchev–Trinajstić information content (AvgIpc) is 2.77. The van der Waals surface area contributed by atoms with E-state index in [9.17, 15) is 0 Å². The lowest BCUT2D eigenvalue weighted by Gasteiger charge is -2.33. The second kappa shape index (κ2) is 5.03. The van der Waals surface area contributed by atoms with E-state index in [-0.39, 0.29) is 5.41 Å². The molecule has 20 heavy (non-hydrogen) atoms. The van der Waals surface area contributed by atoms with E-state index in [1.807, 2.05) is 0 Å². The average molecular weight is 285 g/mol. The zero-order chi connectivity index (χ0) is 15.1. The van der Waals surface area contributed by atoms with Crippen molar-refractivity contribution in [2.24, 2.45) is 5.92 Å². The Morgan fingerprint density at radius 1 is 1.00 bits per heavy atom. The first-order valence-electron chi connectivity index (χ1n) is 7.61. The van der Waals surface area contributed by atoms with Crippen LogP contribution < -0.4 is 0 Å². The number of aryl methyl sites for hydroxylation is 2. The molecule has 1 aliphatic rings. The summed E-state index contributed by atoms with van der Waals surface area (Å²) in [5, 5.41) is 1.60. The summed E-state index contributed by atoms with van der Waals surface area (Å²) in [6.45, 7) is 16.5. The van der Waals surface area contributed by atoms with Crippen molar-refractivity contribution in [1.82, 2.24) is 0 Å². The highest BCUT2D eigenvalue weighted by Crippen LogP contribution is 2.41. The van der Waals surface area contributed by atoms with Crippen LogP contribution in [0.5, 0.6) is 0 Å². The van der Waals surface area contributed by atoms with Gasteiger partial charge >= 0.3 is 0 Å². The number of hydrogen-bond acceptors (Lipinski definition) is 0. The van der Waals surface area contributed by atoms with Gasteiger partial charge in [0.25, 0.3) is 0 Å². The molecule has 0 bridgehead atoms. The van der Waals surface area contributed by atoms with E-state index < -0.39 is 8.07 Å². The zero-order valence-electron chi connectivity index (χ0n) is 14.0. The van der Waals surface area contributed by atoms with E-state index in [1.165, 1.54) is 16.7 Å². The van der Waals surface area contributed by atoms with Crippen molar-refractivity contribution in [2.75, 3.05) is 0 Å². The molecule has 0 fully saturated rings. The highest BCUT2D eigenvalue weighted by atomic mass is 28.3. The van der Waals surface area contributed by atoms with E-state index in [1.54, 1.807) is 5.20 Å². The maximum Gasteiger partial charge on any atom is 0.0771 e. The van der Waals surface area contributed by atoms with Crippen LogP contribution in [0.25, 0.3) is 0 Å². The molecule has 1 aliphatic carbocycles. The molecule has 0 N–H and O–H groups in total. The smallest absolute Gasteiger partial charge is 0.0771 e. The fourth-order valence-electron chi connectivity index (χ4n) is 3.46. The summed E-state index contributed by atoms with van der Waals surface area (Å²) >= 11 is 0. The summed E-state index contributed by atoms with van der Waals surface area (Å²) in [6, 6.07) is 6.65. The van der Waals surface area contributed by atoms with Gasteiger partial charge < -0.3 is 0 Å². The third-order valence-electron chi connectivity index (χ3n) is 4.67. The fourth-order valence-corrected chi connectivity index (χ4v) is 4.73. The molecular weight excluding hydrogens is 256 g/mol. The molecule has 0 aromatic heterocycles. The summed E-state index contributed by atoms with van der Waals surface area (Å²) < 4.78 is 0. The van der Waals surface area contributed by atoms with Crippen LogP contribution in [0.1, 0.15) is 30.5 Å². The third kappa shape index (κ3) is 2.69. The molecule has 108 valence electrons. The van der Waals surface area contributed by atoms with Crippen LogP contribution in [-0.4, -0.2) is 8.07 Å². The Balaban J connectivity index is 2.43. The fraction of sp³-hybridized carbons (Fsp3) is 0.474. The Bertz CT molecular complexity index is 548. The molecule has 0 radical (unpaired) electrons. The Kier molecular flexibility index (Phi) is 3.85. The quantitative estimate of drug-likeness (QED) is 0.636. The Morgan fingerprint density at radius 2 is 1.55 bits per heavy atom. The van der Waals surface area contributed by atoms with Crippen LogP contribution in [0, 0.1) is 19.8 Å². The number of allylic oxidation sites excluding steroid dienone is 4. The van der Waals surface area contributed by atoms with Gasteiger partial charge in [0.1, 0.15) is 0 Å². The van der Waals surface area contributed by atoms with Crippen molar-refractivity contribution in [3.63, 3.8) is 0 Å². The normalized spacial score (nSPS) is 19.4. The van der Waals surface area contributed by atoms with Gasteiger partial charge in [0.2, 0.25) is 0 Å². The standard InChI is InChI=1S/C19H28Si/c1-14-9-8-10-15(2)18(14)19(3,4)16-11-12-17(13-16)20(5,6)7/h8-13,16H,1-7H3. The molecule has 0 heterocycles. The molecule has 0 saturated heterocycles. The molecule has 0 amide bonds. The highest BCUT2D eigenvalue weighted by Gasteiger charge is 2.34. The van der Waals surface area contributed by atoms with Crippen molar-refractivity contribution >= 4 is 8.07 Å². The minimum absolute atomic E-state index is 0.160. The third-order valence-corrected chi connectivity index (χ3v) is 6.73. The summed E-state index contributed by atoms with van der Waals surface area (Å²) in [5.74, 6) is 0.518. The van der Waals surface area contributed by atoms with E-state index in [0.717, 1.165) is 0 Å². The molecular formula is C19H28Si. The van der Waals surface area contributed by atoms with Crippen LogP contribution in [0.3, 0.4) is 0 Å². The maximum atomic E-state index is 2.53. The van der Waals surface area contributed by atoms with Gasteiger partial charge in [-0.05, 0) is 36.0 Å². The summed E-state index contributed by atoms with van der Waals surface area (Å²) in [5.41, 5.74) is 4.51. The van der Waals surface area contributed by atoms with Crippen LogP contribution >= 0.6 is 0 Å². The van der Waals surface area contributed by atoms with Crippen molar-refractivity contribution < 1.29 is 0 Å². The summed E-state index contributed by atoms with van der Waals surface area (Å²) in [7, 11) is -1.20. The molecule has 1 aromatic carbocycles.